The third kappa shape index (κ3) is 4.90. The highest BCUT2D eigenvalue weighted by Gasteiger charge is 2.14. The molecule has 2 heterocycles. The number of amides is 2. The van der Waals surface area contributed by atoms with Gasteiger partial charge >= 0.3 is 6.03 Å². The molecular formula is C18H23N5O2. The molecule has 0 spiro atoms. The van der Waals surface area contributed by atoms with Crippen LogP contribution in [0.2, 0.25) is 0 Å². The standard InChI is InChI=1S/C18H23N5O2/c1-13-3-5-15(6-4-13)21-18(24)19-12-16-20-14(2)11-17(22-16)23-7-9-25-10-8-23/h3-6,11H,7-10,12H2,1-2H3,(H2,19,21,24). The van der Waals surface area contributed by atoms with Gasteiger partial charge in [-0.25, -0.2) is 14.8 Å². The zero-order valence-electron chi connectivity index (χ0n) is 14.6. The minimum atomic E-state index is -0.276. The molecule has 25 heavy (non-hydrogen) atoms. The number of nitrogens with one attached hydrogen (secondary N) is 2. The second kappa shape index (κ2) is 7.94. The van der Waals surface area contributed by atoms with Crippen LogP contribution in [0.15, 0.2) is 30.3 Å². The van der Waals surface area contributed by atoms with Gasteiger partial charge in [0.05, 0.1) is 19.8 Å². The maximum atomic E-state index is 12.0. The lowest BCUT2D eigenvalue weighted by Crippen LogP contribution is -2.37. The number of benzene rings is 1. The van der Waals surface area contributed by atoms with Crippen LogP contribution in [0.25, 0.3) is 0 Å². The van der Waals surface area contributed by atoms with Crippen LogP contribution in [0.1, 0.15) is 17.1 Å². The summed E-state index contributed by atoms with van der Waals surface area (Å²) in [6, 6.07) is 9.33. The van der Waals surface area contributed by atoms with Crippen molar-refractivity contribution < 1.29 is 9.53 Å². The fourth-order valence-electron chi connectivity index (χ4n) is 2.62. The molecule has 1 aliphatic heterocycles. The Balaban J connectivity index is 1.59. The number of hydrogen-bond donors (Lipinski definition) is 2. The molecule has 0 aliphatic carbocycles. The molecule has 1 fully saturated rings. The Morgan fingerprint density at radius 1 is 1.16 bits per heavy atom. The van der Waals surface area contributed by atoms with Crippen molar-refractivity contribution in [1.29, 1.82) is 0 Å². The van der Waals surface area contributed by atoms with Crippen molar-refractivity contribution in [2.24, 2.45) is 0 Å². The molecule has 1 aromatic heterocycles. The van der Waals surface area contributed by atoms with Crippen molar-refractivity contribution in [3.8, 4) is 0 Å². The van der Waals surface area contributed by atoms with Crippen molar-refractivity contribution in [3.63, 3.8) is 0 Å². The van der Waals surface area contributed by atoms with E-state index in [9.17, 15) is 4.79 Å². The van der Waals surface area contributed by atoms with Gasteiger partial charge in [0, 0.05) is 30.5 Å². The second-order valence-electron chi connectivity index (χ2n) is 6.06. The van der Waals surface area contributed by atoms with Gasteiger partial charge in [0.15, 0.2) is 0 Å². The van der Waals surface area contributed by atoms with E-state index in [4.69, 9.17) is 4.74 Å². The number of aryl methyl sites for hydroxylation is 2. The second-order valence-corrected chi connectivity index (χ2v) is 6.06. The van der Waals surface area contributed by atoms with E-state index in [1.807, 2.05) is 44.2 Å². The number of anilines is 2. The summed E-state index contributed by atoms with van der Waals surface area (Å²) < 4.78 is 5.37. The van der Waals surface area contributed by atoms with Crippen LogP contribution < -0.4 is 15.5 Å². The lowest BCUT2D eigenvalue weighted by molar-refractivity contribution is 0.122. The monoisotopic (exact) mass is 341 g/mol. The van der Waals surface area contributed by atoms with Crippen LogP contribution in [0.5, 0.6) is 0 Å². The summed E-state index contributed by atoms with van der Waals surface area (Å²) in [4.78, 5) is 23.2. The predicted octanol–water partition coefficient (Wildman–Crippen LogP) is 2.25. The van der Waals surface area contributed by atoms with Gasteiger partial charge < -0.3 is 20.3 Å². The van der Waals surface area contributed by atoms with Crippen LogP contribution in [0, 0.1) is 13.8 Å². The lowest BCUT2D eigenvalue weighted by Gasteiger charge is -2.28. The maximum Gasteiger partial charge on any atom is 0.319 e. The highest BCUT2D eigenvalue weighted by atomic mass is 16.5. The Bertz CT molecular complexity index is 727. The highest BCUT2D eigenvalue weighted by Crippen LogP contribution is 2.14. The summed E-state index contributed by atoms with van der Waals surface area (Å²) in [7, 11) is 0. The van der Waals surface area contributed by atoms with Crippen LogP contribution >= 0.6 is 0 Å². The summed E-state index contributed by atoms with van der Waals surface area (Å²) in [5.41, 5.74) is 2.78. The van der Waals surface area contributed by atoms with Gasteiger partial charge in [-0.1, -0.05) is 17.7 Å². The molecule has 0 unspecified atom stereocenters. The molecular weight excluding hydrogens is 318 g/mol. The van der Waals surface area contributed by atoms with Crippen LogP contribution in [0.4, 0.5) is 16.3 Å². The van der Waals surface area contributed by atoms with E-state index in [1.165, 1.54) is 0 Å². The number of hydrogen-bond acceptors (Lipinski definition) is 5. The van der Waals surface area contributed by atoms with E-state index in [1.54, 1.807) is 0 Å². The first-order valence-electron chi connectivity index (χ1n) is 8.39. The number of urea groups is 1. The maximum absolute atomic E-state index is 12.0. The summed E-state index contributed by atoms with van der Waals surface area (Å²) in [6.45, 7) is 7.25. The van der Waals surface area contributed by atoms with Crippen LogP contribution in [-0.2, 0) is 11.3 Å². The topological polar surface area (TPSA) is 79.4 Å². The molecule has 7 heteroatoms. The van der Waals surface area contributed by atoms with Crippen molar-refractivity contribution in [2.75, 3.05) is 36.5 Å². The van der Waals surface area contributed by atoms with E-state index < -0.39 is 0 Å². The van der Waals surface area contributed by atoms with Gasteiger partial charge in [-0.2, -0.15) is 0 Å². The molecule has 2 amide bonds. The first-order valence-corrected chi connectivity index (χ1v) is 8.39. The SMILES string of the molecule is Cc1ccc(NC(=O)NCc2nc(C)cc(N3CCOCC3)n2)cc1. The van der Waals surface area contributed by atoms with E-state index in [0.29, 0.717) is 19.0 Å². The van der Waals surface area contributed by atoms with Crippen molar-refractivity contribution in [2.45, 2.75) is 20.4 Å². The molecule has 7 nitrogen and oxygen atoms in total. The van der Waals surface area contributed by atoms with Gasteiger partial charge in [0.25, 0.3) is 0 Å². The van der Waals surface area contributed by atoms with Crippen molar-refractivity contribution in [3.05, 3.63) is 47.4 Å². The first kappa shape index (κ1) is 17.2. The molecule has 1 saturated heterocycles. The zero-order chi connectivity index (χ0) is 17.6. The summed E-state index contributed by atoms with van der Waals surface area (Å²) in [6.07, 6.45) is 0. The fourth-order valence-corrected chi connectivity index (χ4v) is 2.62. The van der Waals surface area contributed by atoms with E-state index >= 15 is 0 Å². The Morgan fingerprint density at radius 3 is 2.60 bits per heavy atom. The predicted molar refractivity (Wildman–Crippen MR) is 96.8 cm³/mol. The summed E-state index contributed by atoms with van der Waals surface area (Å²) in [5, 5.41) is 5.60. The van der Waals surface area contributed by atoms with Gasteiger partial charge in [-0.3, -0.25) is 0 Å². The van der Waals surface area contributed by atoms with Crippen molar-refractivity contribution >= 4 is 17.5 Å². The van der Waals surface area contributed by atoms with Gasteiger partial charge in [-0.15, -0.1) is 0 Å². The minimum Gasteiger partial charge on any atom is -0.378 e. The normalized spacial score (nSPS) is 14.2. The molecule has 132 valence electrons. The molecule has 0 saturated carbocycles. The van der Waals surface area contributed by atoms with E-state index in [2.05, 4.69) is 25.5 Å². The van der Waals surface area contributed by atoms with Gasteiger partial charge in [-0.05, 0) is 26.0 Å². The number of nitrogens with zero attached hydrogens (tertiary/aromatic N) is 3. The Labute approximate surface area is 147 Å². The molecule has 2 aromatic rings. The van der Waals surface area contributed by atoms with Gasteiger partial charge in [0.2, 0.25) is 0 Å². The molecule has 0 radical (unpaired) electrons. The van der Waals surface area contributed by atoms with E-state index in [0.717, 1.165) is 35.9 Å². The van der Waals surface area contributed by atoms with Crippen molar-refractivity contribution in [1.82, 2.24) is 15.3 Å². The number of ether oxygens (including phenoxy) is 1. The Kier molecular flexibility index (Phi) is 5.45. The van der Waals surface area contributed by atoms with Crippen LogP contribution in [0.3, 0.4) is 0 Å². The number of morpholine rings is 1. The summed E-state index contributed by atoms with van der Waals surface area (Å²) >= 11 is 0. The first-order chi connectivity index (χ1) is 12.1. The Hall–Kier alpha value is -2.67. The quantitative estimate of drug-likeness (QED) is 0.892. The fraction of sp³-hybridized carbons (Fsp3) is 0.389. The molecule has 1 aromatic carbocycles. The Morgan fingerprint density at radius 2 is 1.88 bits per heavy atom. The van der Waals surface area contributed by atoms with E-state index in [-0.39, 0.29) is 12.6 Å². The number of aromatic nitrogens is 2. The zero-order valence-corrected chi connectivity index (χ0v) is 14.6. The number of carbonyl (C=O) groups excluding carboxylic acids is 1. The third-order valence-electron chi connectivity index (χ3n) is 3.94. The average molecular weight is 341 g/mol. The number of carbonyl (C=O) groups is 1. The molecule has 0 atom stereocenters. The largest absolute Gasteiger partial charge is 0.378 e. The summed E-state index contributed by atoms with van der Waals surface area (Å²) in [5.74, 6) is 1.48. The number of rotatable bonds is 4. The smallest absolute Gasteiger partial charge is 0.319 e. The minimum absolute atomic E-state index is 0.275. The van der Waals surface area contributed by atoms with Crippen LogP contribution in [-0.4, -0.2) is 42.3 Å². The third-order valence-corrected chi connectivity index (χ3v) is 3.94. The molecule has 3 rings (SSSR count). The highest BCUT2D eigenvalue weighted by molar-refractivity contribution is 5.89. The molecule has 2 N–H and O–H groups in total. The molecule has 1 aliphatic rings. The molecule has 0 bridgehead atoms. The average Bonchev–Trinajstić information content (AvgIpc) is 2.62. The lowest BCUT2D eigenvalue weighted by atomic mass is 10.2. The van der Waals surface area contributed by atoms with Gasteiger partial charge in [0.1, 0.15) is 11.6 Å².